The smallest absolute Gasteiger partial charge is 0.225 e. The highest BCUT2D eigenvalue weighted by atomic mass is 32.2. The molecule has 0 saturated carbocycles. The number of nitrogens with zero attached hydrogens (tertiary/aromatic N) is 5. The zero-order chi connectivity index (χ0) is 16.7. The summed E-state index contributed by atoms with van der Waals surface area (Å²) in [7, 11) is 0. The van der Waals surface area contributed by atoms with Crippen LogP contribution >= 0.6 is 23.1 Å². The molecule has 2 aromatic heterocycles. The summed E-state index contributed by atoms with van der Waals surface area (Å²) in [6, 6.07) is 1.90. The van der Waals surface area contributed by atoms with Crippen LogP contribution in [0.15, 0.2) is 28.8 Å². The summed E-state index contributed by atoms with van der Waals surface area (Å²) in [6.45, 7) is 8.49. The molecule has 1 saturated heterocycles. The van der Waals surface area contributed by atoms with Crippen LogP contribution < -0.4 is 10.6 Å². The van der Waals surface area contributed by atoms with Crippen molar-refractivity contribution in [2.24, 2.45) is 16.6 Å². The van der Waals surface area contributed by atoms with E-state index >= 15 is 0 Å². The van der Waals surface area contributed by atoms with Crippen LogP contribution in [0.4, 0.5) is 16.0 Å². The van der Waals surface area contributed by atoms with Crippen molar-refractivity contribution in [1.29, 1.82) is 0 Å². The van der Waals surface area contributed by atoms with E-state index in [1.165, 1.54) is 23.7 Å². The van der Waals surface area contributed by atoms with Crippen LogP contribution in [0.25, 0.3) is 4.85 Å². The van der Waals surface area contributed by atoms with Gasteiger partial charge in [-0.25, -0.2) is 24.2 Å². The van der Waals surface area contributed by atoms with Gasteiger partial charge in [-0.05, 0) is 11.4 Å². The Bertz CT molecular complexity index is 842. The summed E-state index contributed by atoms with van der Waals surface area (Å²) in [6.07, 6.45) is 2.34. The minimum Gasteiger partial charge on any atom is -0.379 e. The van der Waals surface area contributed by atoms with Gasteiger partial charge in [-0.1, -0.05) is 11.8 Å². The number of aliphatic imine (C=N–C) groups is 1. The summed E-state index contributed by atoms with van der Waals surface area (Å²) < 4.78 is 13.1. The Balaban J connectivity index is 1.75. The number of thioether (sulfide) groups is 1. The van der Waals surface area contributed by atoms with E-state index in [2.05, 4.69) is 14.8 Å². The molecule has 24 heavy (non-hydrogen) atoms. The third-order valence-corrected chi connectivity index (χ3v) is 6.36. The van der Waals surface area contributed by atoms with E-state index < -0.39 is 11.4 Å². The minimum absolute atomic E-state index is 0.237. The normalized spacial score (nSPS) is 25.9. The van der Waals surface area contributed by atoms with Crippen molar-refractivity contribution in [1.82, 2.24) is 9.97 Å². The zero-order valence-electron chi connectivity index (χ0n) is 12.5. The van der Waals surface area contributed by atoms with Crippen LogP contribution in [-0.4, -0.2) is 34.0 Å². The molecule has 2 aliphatic heterocycles. The first-order valence-corrected chi connectivity index (χ1v) is 9.14. The summed E-state index contributed by atoms with van der Waals surface area (Å²) in [5, 5.41) is 2.41. The lowest BCUT2D eigenvalue weighted by atomic mass is 9.87. The number of amidine groups is 1. The predicted molar refractivity (Wildman–Crippen MR) is 94.0 cm³/mol. The molecule has 4 rings (SSSR count). The first-order valence-electron chi connectivity index (χ1n) is 7.28. The first-order chi connectivity index (χ1) is 11.6. The van der Waals surface area contributed by atoms with Crippen LogP contribution in [0.2, 0.25) is 0 Å². The van der Waals surface area contributed by atoms with Crippen LogP contribution in [-0.2, 0) is 5.54 Å². The maximum Gasteiger partial charge on any atom is 0.225 e. The average molecular weight is 360 g/mol. The molecule has 2 N–H and O–H groups in total. The lowest BCUT2D eigenvalue weighted by Crippen LogP contribution is -2.39. The first kappa shape index (κ1) is 15.4. The topological polar surface area (TPSA) is 71.8 Å². The second-order valence-electron chi connectivity index (χ2n) is 5.74. The van der Waals surface area contributed by atoms with E-state index in [0.29, 0.717) is 23.3 Å². The Hall–Kier alpha value is -2.18. The van der Waals surface area contributed by atoms with Crippen LogP contribution in [0.1, 0.15) is 4.88 Å². The number of fused-ring (bicyclic) bond motifs is 1. The third-order valence-electron chi connectivity index (χ3n) is 4.32. The molecule has 122 valence electrons. The number of rotatable bonds is 2. The molecule has 2 atom stereocenters. The van der Waals surface area contributed by atoms with Crippen molar-refractivity contribution in [3.63, 3.8) is 0 Å². The molecule has 0 bridgehead atoms. The second-order valence-corrected chi connectivity index (χ2v) is 7.70. The Morgan fingerprint density at radius 1 is 1.42 bits per heavy atom. The fourth-order valence-electron chi connectivity index (χ4n) is 3.20. The summed E-state index contributed by atoms with van der Waals surface area (Å²) in [4.78, 5) is 19.5. The molecule has 9 heteroatoms. The number of thiophene rings is 1. The highest BCUT2D eigenvalue weighted by molar-refractivity contribution is 8.13. The van der Waals surface area contributed by atoms with E-state index in [0.717, 1.165) is 17.2 Å². The fraction of sp³-hybridized carbons (Fsp3) is 0.333. The average Bonchev–Trinajstić information content (AvgIpc) is 3.20. The third kappa shape index (κ3) is 2.42. The van der Waals surface area contributed by atoms with Crippen LogP contribution in [0, 0.1) is 18.3 Å². The van der Waals surface area contributed by atoms with Gasteiger partial charge >= 0.3 is 0 Å². The number of aromatic nitrogens is 2. The Morgan fingerprint density at radius 2 is 2.21 bits per heavy atom. The van der Waals surface area contributed by atoms with Crippen molar-refractivity contribution >= 4 is 39.9 Å². The molecule has 0 radical (unpaired) electrons. The largest absolute Gasteiger partial charge is 0.379 e. The molecule has 2 aliphatic rings. The summed E-state index contributed by atoms with van der Waals surface area (Å²) in [5.74, 6) is 1.12. The molecule has 0 aliphatic carbocycles. The number of nitrogens with two attached hydrogens (primary N) is 1. The molecule has 0 spiro atoms. The van der Waals surface area contributed by atoms with Crippen molar-refractivity contribution in [2.45, 2.75) is 5.54 Å². The van der Waals surface area contributed by atoms with Gasteiger partial charge in [0.15, 0.2) is 16.7 Å². The molecule has 0 aromatic carbocycles. The van der Waals surface area contributed by atoms with Crippen molar-refractivity contribution in [3.8, 4) is 0 Å². The van der Waals surface area contributed by atoms with Gasteiger partial charge in [0.25, 0.3) is 0 Å². The molecule has 6 nitrogen and oxygen atoms in total. The van der Waals surface area contributed by atoms with Crippen molar-refractivity contribution in [3.05, 3.63) is 46.0 Å². The van der Waals surface area contributed by atoms with Crippen LogP contribution in [0.5, 0.6) is 0 Å². The summed E-state index contributed by atoms with van der Waals surface area (Å²) >= 11 is 3.08. The van der Waals surface area contributed by atoms with E-state index in [1.54, 1.807) is 11.8 Å². The predicted octanol–water partition coefficient (Wildman–Crippen LogP) is 2.62. The molecule has 1 fully saturated rings. The van der Waals surface area contributed by atoms with Crippen LogP contribution in [0.3, 0.4) is 0 Å². The van der Waals surface area contributed by atoms with Crippen molar-refractivity contribution < 1.29 is 4.39 Å². The van der Waals surface area contributed by atoms with Gasteiger partial charge < -0.3 is 10.6 Å². The quantitative estimate of drug-likeness (QED) is 0.834. The number of anilines is 1. The maximum absolute atomic E-state index is 13.1. The summed E-state index contributed by atoms with van der Waals surface area (Å²) in [5.41, 5.74) is 6.15. The molecule has 4 heterocycles. The standard InChI is InChI=1S/C15H13FN6S2/c1-18-11-2-12(23-7-11)15-8-22(14-19-3-10(16)4-20-14)5-9(15)6-24-13(17)21-15/h2-4,7,9H,5-6,8H2,(H2,17,21)/t9-,15-/m0/s1. The lowest BCUT2D eigenvalue weighted by Gasteiger charge is -2.33. The van der Waals surface area contributed by atoms with Gasteiger partial charge in [0.2, 0.25) is 5.95 Å². The molecule has 2 aromatic rings. The maximum atomic E-state index is 13.1. The number of hydrogen-bond acceptors (Lipinski definition) is 7. The van der Waals surface area contributed by atoms with Gasteiger partial charge in [-0.3, -0.25) is 0 Å². The van der Waals surface area contributed by atoms with E-state index in [4.69, 9.17) is 17.3 Å². The highest BCUT2D eigenvalue weighted by Gasteiger charge is 2.51. The molecular weight excluding hydrogens is 347 g/mol. The van der Waals surface area contributed by atoms with E-state index in [-0.39, 0.29) is 5.92 Å². The zero-order valence-corrected chi connectivity index (χ0v) is 14.1. The Morgan fingerprint density at radius 3 is 2.92 bits per heavy atom. The molecular formula is C15H13FN6S2. The van der Waals surface area contributed by atoms with Gasteiger partial charge in [0.1, 0.15) is 5.54 Å². The van der Waals surface area contributed by atoms with Gasteiger partial charge in [-0.2, -0.15) is 11.3 Å². The fourth-order valence-corrected chi connectivity index (χ4v) is 5.22. The molecule has 0 unspecified atom stereocenters. The second kappa shape index (κ2) is 5.72. The van der Waals surface area contributed by atoms with E-state index in [9.17, 15) is 4.39 Å². The van der Waals surface area contributed by atoms with E-state index in [1.807, 2.05) is 16.3 Å². The van der Waals surface area contributed by atoms with Gasteiger partial charge in [-0.15, -0.1) is 0 Å². The minimum atomic E-state index is -0.485. The number of hydrogen-bond donors (Lipinski definition) is 1. The monoisotopic (exact) mass is 360 g/mol. The van der Waals surface area contributed by atoms with Crippen molar-refractivity contribution in [2.75, 3.05) is 23.7 Å². The van der Waals surface area contributed by atoms with Gasteiger partial charge in [0.05, 0.1) is 25.5 Å². The Kier molecular flexibility index (Phi) is 3.66. The lowest BCUT2D eigenvalue weighted by molar-refractivity contribution is 0.395. The van der Waals surface area contributed by atoms with Gasteiger partial charge in [0, 0.05) is 23.1 Å². The molecule has 0 amide bonds. The SMILES string of the molecule is [C-]#[N+]c1csc([C@]23CN(c4ncc(F)cn4)C[C@H]2CSC(N)=N3)c1. The highest BCUT2D eigenvalue weighted by Crippen LogP contribution is 2.48. The Labute approximate surface area is 146 Å². The number of halogens is 1.